The first-order chi connectivity index (χ1) is 11.3. The monoisotopic (exact) mass is 331 g/mol. The van der Waals surface area contributed by atoms with Gasteiger partial charge in [0, 0.05) is 18.3 Å². The molecule has 1 saturated heterocycles. The van der Waals surface area contributed by atoms with Gasteiger partial charge in [-0.3, -0.25) is 14.5 Å². The van der Waals surface area contributed by atoms with Crippen LogP contribution in [0.4, 0.5) is 5.69 Å². The number of anilines is 1. The average molecular weight is 331 g/mol. The van der Waals surface area contributed by atoms with E-state index < -0.39 is 11.8 Å². The molecule has 1 atom stereocenters. The van der Waals surface area contributed by atoms with Crippen molar-refractivity contribution in [2.24, 2.45) is 0 Å². The Morgan fingerprint density at radius 2 is 1.92 bits per heavy atom. The third-order valence-electron chi connectivity index (χ3n) is 4.59. The van der Waals surface area contributed by atoms with Crippen LogP contribution in [0, 0.1) is 0 Å². The van der Waals surface area contributed by atoms with Crippen LogP contribution in [0.2, 0.25) is 0 Å². The number of amides is 2. The van der Waals surface area contributed by atoms with E-state index in [1.54, 1.807) is 0 Å². The van der Waals surface area contributed by atoms with Gasteiger partial charge in [-0.15, -0.1) is 0 Å². The fourth-order valence-corrected chi connectivity index (χ4v) is 3.26. The van der Waals surface area contributed by atoms with Crippen molar-refractivity contribution < 1.29 is 9.59 Å². The van der Waals surface area contributed by atoms with Crippen LogP contribution in [0.3, 0.4) is 0 Å². The van der Waals surface area contributed by atoms with Crippen molar-refractivity contribution in [3.8, 4) is 0 Å². The second-order valence-corrected chi connectivity index (χ2v) is 7.38. The van der Waals surface area contributed by atoms with Crippen LogP contribution in [0.25, 0.3) is 0 Å². The normalized spacial score (nSPS) is 18.4. The molecule has 0 bridgehead atoms. The summed E-state index contributed by atoms with van der Waals surface area (Å²) in [6, 6.07) is 7.96. The molecule has 1 aliphatic heterocycles. The Bertz CT molecular complexity index is 593. The van der Waals surface area contributed by atoms with Gasteiger partial charge in [0.15, 0.2) is 0 Å². The molecule has 1 aromatic rings. The number of nitrogens with one attached hydrogen (secondary N) is 2. The van der Waals surface area contributed by atoms with E-state index >= 15 is 0 Å². The van der Waals surface area contributed by atoms with Crippen LogP contribution >= 0.6 is 0 Å². The van der Waals surface area contributed by atoms with Crippen molar-refractivity contribution in [3.63, 3.8) is 0 Å². The Hall–Kier alpha value is -1.88. The van der Waals surface area contributed by atoms with Crippen LogP contribution in [0.5, 0.6) is 0 Å². The lowest BCUT2D eigenvalue weighted by Gasteiger charge is -2.24. The molecule has 2 rings (SSSR count). The number of para-hydroxylation sites is 1. The molecule has 1 aromatic carbocycles. The Labute approximate surface area is 144 Å². The van der Waals surface area contributed by atoms with Crippen molar-refractivity contribution in [3.05, 3.63) is 29.8 Å². The van der Waals surface area contributed by atoms with E-state index in [9.17, 15) is 9.59 Å². The SMILES string of the molecule is CCN1CCC[C@@H]1CNC(=O)C(=O)Nc1ccccc1C(C)(C)C. The number of benzene rings is 1. The van der Waals surface area contributed by atoms with E-state index in [4.69, 9.17) is 0 Å². The lowest BCUT2D eigenvalue weighted by Crippen LogP contribution is -2.43. The highest BCUT2D eigenvalue weighted by Gasteiger charge is 2.25. The molecule has 0 radical (unpaired) electrons. The summed E-state index contributed by atoms with van der Waals surface area (Å²) in [6.07, 6.45) is 2.22. The first kappa shape index (κ1) is 18.5. The highest BCUT2D eigenvalue weighted by atomic mass is 16.2. The third kappa shape index (κ3) is 4.57. The summed E-state index contributed by atoms with van der Waals surface area (Å²) in [5.41, 5.74) is 1.60. The Morgan fingerprint density at radius 1 is 1.21 bits per heavy atom. The van der Waals surface area contributed by atoms with Gasteiger partial charge in [0.05, 0.1) is 0 Å². The van der Waals surface area contributed by atoms with Gasteiger partial charge in [-0.1, -0.05) is 45.9 Å². The molecule has 24 heavy (non-hydrogen) atoms. The van der Waals surface area contributed by atoms with Gasteiger partial charge >= 0.3 is 11.8 Å². The molecule has 132 valence electrons. The summed E-state index contributed by atoms with van der Waals surface area (Å²) in [5, 5.41) is 5.53. The molecule has 0 saturated carbocycles. The smallest absolute Gasteiger partial charge is 0.313 e. The van der Waals surface area contributed by atoms with Crippen molar-refractivity contribution in [1.82, 2.24) is 10.2 Å². The second-order valence-electron chi connectivity index (χ2n) is 7.38. The largest absolute Gasteiger partial charge is 0.346 e. The van der Waals surface area contributed by atoms with E-state index in [1.165, 1.54) is 0 Å². The fraction of sp³-hybridized carbons (Fsp3) is 0.579. The van der Waals surface area contributed by atoms with Crippen molar-refractivity contribution in [2.45, 2.75) is 52.0 Å². The molecule has 5 nitrogen and oxygen atoms in total. The summed E-state index contributed by atoms with van der Waals surface area (Å²) >= 11 is 0. The van der Waals surface area contributed by atoms with Crippen LogP contribution in [-0.4, -0.2) is 42.4 Å². The lowest BCUT2D eigenvalue weighted by atomic mass is 9.86. The number of hydrogen-bond acceptors (Lipinski definition) is 3. The Kier molecular flexibility index (Phi) is 5.99. The molecule has 2 amide bonds. The van der Waals surface area contributed by atoms with Gasteiger partial charge in [0.25, 0.3) is 0 Å². The van der Waals surface area contributed by atoms with Crippen LogP contribution in [0.15, 0.2) is 24.3 Å². The highest BCUT2D eigenvalue weighted by Crippen LogP contribution is 2.29. The summed E-state index contributed by atoms with van der Waals surface area (Å²) < 4.78 is 0. The number of rotatable bonds is 4. The molecule has 1 fully saturated rings. The third-order valence-corrected chi connectivity index (χ3v) is 4.59. The molecule has 0 unspecified atom stereocenters. The number of hydrogen-bond donors (Lipinski definition) is 2. The molecule has 0 aromatic heterocycles. The summed E-state index contributed by atoms with van der Waals surface area (Å²) in [5.74, 6) is -1.17. The fourth-order valence-electron chi connectivity index (χ4n) is 3.26. The minimum Gasteiger partial charge on any atom is -0.346 e. The van der Waals surface area contributed by atoms with Crippen LogP contribution < -0.4 is 10.6 Å². The zero-order valence-electron chi connectivity index (χ0n) is 15.2. The standard InChI is InChI=1S/C19H29N3O2/c1-5-22-12-8-9-14(22)13-20-17(23)18(24)21-16-11-7-6-10-15(16)19(2,3)4/h6-7,10-11,14H,5,8-9,12-13H2,1-4H3,(H,20,23)(H,21,24)/t14-/m1/s1. The first-order valence-electron chi connectivity index (χ1n) is 8.75. The number of carbonyl (C=O) groups excluding carboxylic acids is 2. The Morgan fingerprint density at radius 3 is 2.58 bits per heavy atom. The highest BCUT2D eigenvalue weighted by molar-refractivity contribution is 6.39. The Balaban J connectivity index is 1.94. The van der Waals surface area contributed by atoms with E-state index in [1.807, 2.05) is 24.3 Å². The molecule has 1 aliphatic rings. The van der Waals surface area contributed by atoms with Gasteiger partial charge in [-0.25, -0.2) is 0 Å². The molecule has 5 heteroatoms. The number of nitrogens with zero attached hydrogens (tertiary/aromatic N) is 1. The maximum Gasteiger partial charge on any atom is 0.313 e. The second kappa shape index (κ2) is 7.79. The topological polar surface area (TPSA) is 61.4 Å². The van der Waals surface area contributed by atoms with Crippen molar-refractivity contribution in [2.75, 3.05) is 25.0 Å². The number of likely N-dealkylation sites (N-methyl/N-ethyl adjacent to an activating group) is 1. The maximum atomic E-state index is 12.2. The zero-order valence-corrected chi connectivity index (χ0v) is 15.2. The van der Waals surface area contributed by atoms with E-state index in [2.05, 4.69) is 43.2 Å². The maximum absolute atomic E-state index is 12.2. The van der Waals surface area contributed by atoms with Gasteiger partial charge in [0.1, 0.15) is 0 Å². The summed E-state index contributed by atoms with van der Waals surface area (Å²) in [7, 11) is 0. The van der Waals surface area contributed by atoms with Gasteiger partial charge in [0.2, 0.25) is 0 Å². The first-order valence-corrected chi connectivity index (χ1v) is 8.75. The van der Waals surface area contributed by atoms with Gasteiger partial charge < -0.3 is 10.6 Å². The molecular formula is C19H29N3O2. The quantitative estimate of drug-likeness (QED) is 0.834. The van der Waals surface area contributed by atoms with Crippen molar-refractivity contribution in [1.29, 1.82) is 0 Å². The minimum absolute atomic E-state index is 0.105. The molecular weight excluding hydrogens is 302 g/mol. The average Bonchev–Trinajstić information content (AvgIpc) is 2.99. The predicted molar refractivity (Wildman–Crippen MR) is 97.1 cm³/mol. The number of likely N-dealkylation sites (tertiary alicyclic amines) is 1. The van der Waals surface area contributed by atoms with E-state index in [0.717, 1.165) is 31.5 Å². The summed E-state index contributed by atoms with van der Waals surface area (Å²) in [6.45, 7) is 10.9. The van der Waals surface area contributed by atoms with E-state index in [0.29, 0.717) is 18.3 Å². The molecule has 0 spiro atoms. The van der Waals surface area contributed by atoms with Crippen LogP contribution in [-0.2, 0) is 15.0 Å². The lowest BCUT2D eigenvalue weighted by molar-refractivity contribution is -0.136. The molecule has 2 N–H and O–H groups in total. The van der Waals surface area contributed by atoms with E-state index in [-0.39, 0.29) is 5.41 Å². The number of carbonyl (C=O) groups is 2. The minimum atomic E-state index is -0.604. The predicted octanol–water partition coefficient (Wildman–Crippen LogP) is 2.52. The molecule has 0 aliphatic carbocycles. The van der Waals surface area contributed by atoms with Crippen molar-refractivity contribution >= 4 is 17.5 Å². The molecule has 1 heterocycles. The van der Waals surface area contributed by atoms with Crippen LogP contribution in [0.1, 0.15) is 46.1 Å². The summed E-state index contributed by atoms with van der Waals surface area (Å²) in [4.78, 5) is 26.7. The zero-order chi connectivity index (χ0) is 17.7. The van der Waals surface area contributed by atoms with Gasteiger partial charge in [-0.05, 0) is 43.0 Å². The van der Waals surface area contributed by atoms with Gasteiger partial charge in [-0.2, -0.15) is 0 Å².